The smallest absolute Gasteiger partial charge is 0.163 e. The van der Waals surface area contributed by atoms with Crippen molar-refractivity contribution < 1.29 is 9.47 Å². The third-order valence-corrected chi connectivity index (χ3v) is 4.01. The van der Waals surface area contributed by atoms with Gasteiger partial charge in [-0.3, -0.25) is 0 Å². The summed E-state index contributed by atoms with van der Waals surface area (Å²) in [7, 11) is 0. The summed E-state index contributed by atoms with van der Waals surface area (Å²) >= 11 is 6.34. The SMILES string of the molecule is CC1COCCN1c1ncnc2c1C(Cl)OC2(C)C. The van der Waals surface area contributed by atoms with E-state index in [2.05, 4.69) is 21.8 Å². The van der Waals surface area contributed by atoms with E-state index in [-0.39, 0.29) is 6.04 Å². The second-order valence-corrected chi connectivity index (χ2v) is 5.92. The molecule has 5 nitrogen and oxygen atoms in total. The van der Waals surface area contributed by atoms with Crippen LogP contribution >= 0.6 is 11.6 Å². The molecule has 0 aliphatic carbocycles. The second kappa shape index (κ2) is 4.58. The number of ether oxygens (including phenoxy) is 2. The normalized spacial score (nSPS) is 29.4. The zero-order valence-corrected chi connectivity index (χ0v) is 12.1. The summed E-state index contributed by atoms with van der Waals surface area (Å²) < 4.78 is 11.3. The van der Waals surface area contributed by atoms with Crippen LogP contribution in [0.1, 0.15) is 37.6 Å². The van der Waals surface area contributed by atoms with Crippen molar-refractivity contribution in [1.82, 2.24) is 9.97 Å². The fraction of sp³-hybridized carbons (Fsp3) is 0.692. The van der Waals surface area contributed by atoms with Crippen LogP contribution in [0.25, 0.3) is 0 Å². The highest BCUT2D eigenvalue weighted by Crippen LogP contribution is 2.47. The predicted octanol–water partition coefficient (Wildman–Crippen LogP) is 2.20. The van der Waals surface area contributed by atoms with Crippen molar-refractivity contribution in [2.24, 2.45) is 0 Å². The molecule has 0 aromatic carbocycles. The summed E-state index contributed by atoms with van der Waals surface area (Å²) in [5.74, 6) is 0.881. The zero-order valence-electron chi connectivity index (χ0n) is 11.4. The van der Waals surface area contributed by atoms with Gasteiger partial charge in [0.1, 0.15) is 17.7 Å². The molecular weight excluding hydrogens is 266 g/mol. The monoisotopic (exact) mass is 283 g/mol. The summed E-state index contributed by atoms with van der Waals surface area (Å²) in [6.07, 6.45) is 1.59. The van der Waals surface area contributed by atoms with Gasteiger partial charge in [-0.1, -0.05) is 11.6 Å². The van der Waals surface area contributed by atoms with Crippen molar-refractivity contribution >= 4 is 17.4 Å². The lowest BCUT2D eigenvalue weighted by Gasteiger charge is -2.35. The average Bonchev–Trinajstić information content (AvgIpc) is 2.61. The summed E-state index contributed by atoms with van der Waals surface area (Å²) in [4.78, 5) is 11.0. The van der Waals surface area contributed by atoms with Crippen LogP contribution in [0, 0.1) is 0 Å². The third kappa shape index (κ3) is 2.10. The van der Waals surface area contributed by atoms with Crippen LogP contribution < -0.4 is 4.90 Å². The number of alkyl halides is 1. The molecule has 3 rings (SSSR count). The molecule has 3 heterocycles. The first-order valence-corrected chi connectivity index (χ1v) is 6.96. The molecule has 2 atom stereocenters. The lowest BCUT2D eigenvalue weighted by atomic mass is 10.0. The molecule has 2 aliphatic heterocycles. The summed E-state index contributed by atoms with van der Waals surface area (Å²) in [5, 5.41) is 0. The van der Waals surface area contributed by atoms with Crippen molar-refractivity contribution in [2.75, 3.05) is 24.7 Å². The molecule has 1 aromatic heterocycles. The molecule has 0 spiro atoms. The Kier molecular flexibility index (Phi) is 3.15. The molecule has 2 unspecified atom stereocenters. The Labute approximate surface area is 117 Å². The van der Waals surface area contributed by atoms with Crippen molar-refractivity contribution in [3.63, 3.8) is 0 Å². The van der Waals surface area contributed by atoms with Crippen LogP contribution in [0.2, 0.25) is 0 Å². The number of rotatable bonds is 1. The molecule has 2 aliphatic rings. The van der Waals surface area contributed by atoms with Gasteiger partial charge in [-0.2, -0.15) is 0 Å². The predicted molar refractivity (Wildman–Crippen MR) is 72.4 cm³/mol. The van der Waals surface area contributed by atoms with E-state index in [9.17, 15) is 0 Å². The van der Waals surface area contributed by atoms with Gasteiger partial charge in [0.15, 0.2) is 5.56 Å². The quantitative estimate of drug-likeness (QED) is 0.740. The number of hydrogen-bond donors (Lipinski definition) is 0. The number of anilines is 1. The molecule has 0 bridgehead atoms. The van der Waals surface area contributed by atoms with Crippen LogP contribution in [0.3, 0.4) is 0 Å². The number of nitrogens with zero attached hydrogens (tertiary/aromatic N) is 3. The zero-order chi connectivity index (χ0) is 13.6. The summed E-state index contributed by atoms with van der Waals surface area (Å²) in [5.41, 5.74) is 0.838. The summed E-state index contributed by atoms with van der Waals surface area (Å²) in [6.45, 7) is 8.31. The van der Waals surface area contributed by atoms with E-state index in [0.29, 0.717) is 13.2 Å². The maximum absolute atomic E-state index is 6.34. The molecule has 0 saturated carbocycles. The third-order valence-electron chi connectivity index (χ3n) is 3.70. The Hall–Kier alpha value is -0.910. The molecule has 0 radical (unpaired) electrons. The van der Waals surface area contributed by atoms with Gasteiger partial charge in [0, 0.05) is 6.54 Å². The standard InChI is InChI=1S/C13H18ClN3O2/c1-8-6-18-5-4-17(8)12-9-10(15-7-16-12)13(2,3)19-11(9)14/h7-8,11H,4-6H2,1-3H3. The first kappa shape index (κ1) is 13.1. The number of aromatic nitrogens is 2. The number of halogens is 1. The fourth-order valence-corrected chi connectivity index (χ4v) is 3.14. The minimum atomic E-state index is -0.490. The Bertz CT molecular complexity index is 495. The van der Waals surface area contributed by atoms with Gasteiger partial charge in [-0.15, -0.1) is 0 Å². The number of morpholine rings is 1. The topological polar surface area (TPSA) is 47.5 Å². The minimum Gasteiger partial charge on any atom is -0.377 e. The minimum absolute atomic E-state index is 0.278. The first-order chi connectivity index (χ1) is 9.00. The van der Waals surface area contributed by atoms with Gasteiger partial charge in [-0.05, 0) is 20.8 Å². The average molecular weight is 284 g/mol. The molecule has 0 amide bonds. The molecule has 1 fully saturated rings. The largest absolute Gasteiger partial charge is 0.377 e. The van der Waals surface area contributed by atoms with Crippen molar-refractivity contribution in [2.45, 2.75) is 38.0 Å². The molecular formula is C13H18ClN3O2. The molecule has 19 heavy (non-hydrogen) atoms. The lowest BCUT2D eigenvalue weighted by Crippen LogP contribution is -2.44. The second-order valence-electron chi connectivity index (χ2n) is 5.52. The molecule has 0 N–H and O–H groups in total. The van der Waals surface area contributed by atoms with E-state index in [1.807, 2.05) is 13.8 Å². The lowest BCUT2D eigenvalue weighted by molar-refractivity contribution is -0.0182. The van der Waals surface area contributed by atoms with E-state index >= 15 is 0 Å². The van der Waals surface area contributed by atoms with Crippen LogP contribution in [0.15, 0.2) is 6.33 Å². The van der Waals surface area contributed by atoms with Gasteiger partial charge >= 0.3 is 0 Å². The van der Waals surface area contributed by atoms with Gasteiger partial charge in [0.05, 0.1) is 30.5 Å². The van der Waals surface area contributed by atoms with Gasteiger partial charge in [-0.25, -0.2) is 9.97 Å². The fourth-order valence-electron chi connectivity index (χ4n) is 2.72. The van der Waals surface area contributed by atoms with E-state index in [0.717, 1.165) is 23.6 Å². The van der Waals surface area contributed by atoms with Gasteiger partial charge < -0.3 is 14.4 Å². The highest BCUT2D eigenvalue weighted by molar-refractivity contribution is 6.20. The van der Waals surface area contributed by atoms with Crippen molar-refractivity contribution in [3.8, 4) is 0 Å². The highest BCUT2D eigenvalue weighted by atomic mass is 35.5. The Morgan fingerprint density at radius 2 is 2.21 bits per heavy atom. The maximum atomic E-state index is 6.34. The van der Waals surface area contributed by atoms with E-state index in [1.165, 1.54) is 0 Å². The highest BCUT2D eigenvalue weighted by Gasteiger charge is 2.42. The molecule has 1 aromatic rings. The van der Waals surface area contributed by atoms with Crippen LogP contribution in [-0.4, -0.2) is 35.8 Å². The maximum Gasteiger partial charge on any atom is 0.163 e. The van der Waals surface area contributed by atoms with Crippen LogP contribution in [0.5, 0.6) is 0 Å². The molecule has 6 heteroatoms. The van der Waals surface area contributed by atoms with Crippen molar-refractivity contribution in [3.05, 3.63) is 17.6 Å². The Balaban J connectivity index is 2.06. The number of fused-ring (bicyclic) bond motifs is 1. The van der Waals surface area contributed by atoms with E-state index < -0.39 is 11.2 Å². The van der Waals surface area contributed by atoms with E-state index in [4.69, 9.17) is 21.1 Å². The van der Waals surface area contributed by atoms with Gasteiger partial charge in [0.25, 0.3) is 0 Å². The summed E-state index contributed by atoms with van der Waals surface area (Å²) in [6, 6.07) is 0.278. The van der Waals surface area contributed by atoms with E-state index in [1.54, 1.807) is 6.33 Å². The Morgan fingerprint density at radius 1 is 1.42 bits per heavy atom. The molecule has 1 saturated heterocycles. The molecule has 104 valence electrons. The number of hydrogen-bond acceptors (Lipinski definition) is 5. The van der Waals surface area contributed by atoms with Gasteiger partial charge in [0.2, 0.25) is 0 Å². The first-order valence-electron chi connectivity index (χ1n) is 6.52. The van der Waals surface area contributed by atoms with Crippen LogP contribution in [-0.2, 0) is 15.1 Å². The Morgan fingerprint density at radius 3 is 2.95 bits per heavy atom. The van der Waals surface area contributed by atoms with Crippen LogP contribution in [0.4, 0.5) is 5.82 Å². The van der Waals surface area contributed by atoms with Crippen molar-refractivity contribution in [1.29, 1.82) is 0 Å².